The van der Waals surface area contributed by atoms with Crippen LogP contribution in [0.3, 0.4) is 0 Å². The van der Waals surface area contributed by atoms with Crippen molar-refractivity contribution in [3.8, 4) is 5.75 Å². The molecule has 1 aliphatic heterocycles. The highest BCUT2D eigenvalue weighted by Crippen LogP contribution is 2.40. The maximum Gasteiger partial charge on any atom is 0.258 e. The topological polar surface area (TPSA) is 75.3 Å². The van der Waals surface area contributed by atoms with E-state index in [0.29, 0.717) is 39.6 Å². The maximum atomic E-state index is 13.4. The number of carbonyl (C=O) groups is 1. The van der Waals surface area contributed by atoms with Crippen LogP contribution in [0.4, 0.5) is 0 Å². The Morgan fingerprint density at radius 1 is 1.27 bits per heavy atom. The molecule has 0 bridgehead atoms. The summed E-state index contributed by atoms with van der Waals surface area (Å²) in [5, 5.41) is 0.974. The van der Waals surface area contributed by atoms with Gasteiger partial charge in [-0.2, -0.15) is 0 Å². The highest BCUT2D eigenvalue weighted by atomic mass is 35.5. The van der Waals surface area contributed by atoms with Gasteiger partial charge in [-0.05, 0) is 37.6 Å². The predicted molar refractivity (Wildman–Crippen MR) is 117 cm³/mol. The molecule has 0 saturated heterocycles. The Bertz CT molecular complexity index is 1170. The molecule has 0 aliphatic carbocycles. The number of halogens is 1. The zero-order valence-corrected chi connectivity index (χ0v) is 18.0. The third kappa shape index (κ3) is 3.67. The van der Waals surface area contributed by atoms with Crippen LogP contribution in [0.2, 0.25) is 5.02 Å². The molecule has 156 valence electrons. The number of aromatic nitrogens is 2. The Balaban J connectivity index is 1.68. The summed E-state index contributed by atoms with van der Waals surface area (Å²) in [6.45, 7) is 6.85. The van der Waals surface area contributed by atoms with Crippen LogP contribution >= 0.6 is 11.6 Å². The predicted octanol–water partition coefficient (Wildman–Crippen LogP) is 4.51. The fraction of sp³-hybridized carbons (Fsp3) is 0.348. The number of amides is 1. The summed E-state index contributed by atoms with van der Waals surface area (Å²) in [5.41, 5.74) is 1.86. The second-order valence-electron chi connectivity index (χ2n) is 7.74. The summed E-state index contributed by atoms with van der Waals surface area (Å²) in [7, 11) is 0. The molecule has 2 unspecified atom stereocenters. The second-order valence-corrected chi connectivity index (χ2v) is 8.17. The number of hydrogen-bond acceptors (Lipinski definition) is 4. The lowest BCUT2D eigenvalue weighted by Crippen LogP contribution is -2.33. The first-order chi connectivity index (χ1) is 14.4. The standard InChI is InChI=1S/C23H24ClN3O3/c1-4-10-27(12-20-25-19-11-15(24)8-9-17(19)22(28)26-20)23(29)18-7-5-6-16-13(2)14(3)30-21(16)18/h5-9,11,13-14H,4,10,12H2,1-3H3,(H,25,26,28). The molecule has 30 heavy (non-hydrogen) atoms. The van der Waals surface area contributed by atoms with Gasteiger partial charge in [0.2, 0.25) is 0 Å². The molecule has 2 aromatic carbocycles. The molecule has 2 atom stereocenters. The van der Waals surface area contributed by atoms with Gasteiger partial charge < -0.3 is 14.6 Å². The number of nitrogens with one attached hydrogen (secondary N) is 1. The number of fused-ring (bicyclic) bond motifs is 2. The first-order valence-electron chi connectivity index (χ1n) is 10.2. The third-order valence-corrected chi connectivity index (χ3v) is 5.85. The Kier molecular flexibility index (Phi) is 5.52. The fourth-order valence-electron chi connectivity index (χ4n) is 3.86. The first kappa shape index (κ1) is 20.4. The number of para-hydroxylation sites is 1. The number of aromatic amines is 1. The van der Waals surface area contributed by atoms with E-state index in [9.17, 15) is 9.59 Å². The van der Waals surface area contributed by atoms with E-state index >= 15 is 0 Å². The molecular formula is C23H24ClN3O3. The molecule has 0 radical (unpaired) electrons. The molecule has 2 heterocycles. The van der Waals surface area contributed by atoms with Gasteiger partial charge in [-0.25, -0.2) is 4.98 Å². The summed E-state index contributed by atoms with van der Waals surface area (Å²) in [4.78, 5) is 34.9. The number of H-pyrrole nitrogens is 1. The largest absolute Gasteiger partial charge is 0.489 e. The van der Waals surface area contributed by atoms with E-state index in [1.807, 2.05) is 26.0 Å². The van der Waals surface area contributed by atoms with E-state index in [1.54, 1.807) is 29.2 Å². The lowest BCUT2D eigenvalue weighted by molar-refractivity contribution is 0.0733. The van der Waals surface area contributed by atoms with Crippen LogP contribution in [-0.2, 0) is 6.54 Å². The number of nitrogens with zero attached hydrogens (tertiary/aromatic N) is 2. The summed E-state index contributed by atoms with van der Waals surface area (Å²) >= 11 is 6.06. The van der Waals surface area contributed by atoms with E-state index < -0.39 is 0 Å². The van der Waals surface area contributed by atoms with Crippen molar-refractivity contribution < 1.29 is 9.53 Å². The van der Waals surface area contributed by atoms with Gasteiger partial charge in [-0.1, -0.05) is 37.6 Å². The monoisotopic (exact) mass is 425 g/mol. The van der Waals surface area contributed by atoms with E-state index in [0.717, 1.165) is 12.0 Å². The molecule has 1 aliphatic rings. The van der Waals surface area contributed by atoms with E-state index in [1.165, 1.54) is 0 Å². The van der Waals surface area contributed by atoms with Crippen LogP contribution in [0.5, 0.6) is 5.75 Å². The lowest BCUT2D eigenvalue weighted by atomic mass is 9.96. The minimum atomic E-state index is -0.248. The van der Waals surface area contributed by atoms with Gasteiger partial charge in [-0.3, -0.25) is 9.59 Å². The molecular weight excluding hydrogens is 402 g/mol. The molecule has 7 heteroatoms. The van der Waals surface area contributed by atoms with Crippen LogP contribution in [0, 0.1) is 0 Å². The van der Waals surface area contributed by atoms with Crippen molar-refractivity contribution in [3.63, 3.8) is 0 Å². The lowest BCUT2D eigenvalue weighted by Gasteiger charge is -2.23. The molecule has 1 aromatic heterocycles. The summed E-state index contributed by atoms with van der Waals surface area (Å²) < 4.78 is 6.00. The highest BCUT2D eigenvalue weighted by Gasteiger charge is 2.32. The van der Waals surface area contributed by atoms with E-state index in [-0.39, 0.29) is 30.0 Å². The fourth-order valence-corrected chi connectivity index (χ4v) is 4.03. The molecule has 6 nitrogen and oxygen atoms in total. The summed E-state index contributed by atoms with van der Waals surface area (Å²) in [6.07, 6.45) is 0.801. The number of carbonyl (C=O) groups excluding carboxylic acids is 1. The Hall–Kier alpha value is -2.86. The van der Waals surface area contributed by atoms with Crippen molar-refractivity contribution in [1.29, 1.82) is 0 Å². The molecule has 4 rings (SSSR count). The second kappa shape index (κ2) is 8.11. The number of rotatable bonds is 5. The van der Waals surface area contributed by atoms with Crippen LogP contribution in [0.25, 0.3) is 10.9 Å². The van der Waals surface area contributed by atoms with Crippen molar-refractivity contribution in [1.82, 2.24) is 14.9 Å². The quantitative estimate of drug-likeness (QED) is 0.652. The maximum absolute atomic E-state index is 13.4. The van der Waals surface area contributed by atoms with Gasteiger partial charge in [0.05, 0.1) is 23.0 Å². The average molecular weight is 426 g/mol. The first-order valence-corrected chi connectivity index (χ1v) is 10.5. The van der Waals surface area contributed by atoms with Crippen molar-refractivity contribution in [2.75, 3.05) is 6.54 Å². The summed E-state index contributed by atoms with van der Waals surface area (Å²) in [5.74, 6) is 1.18. The zero-order chi connectivity index (χ0) is 21.4. The van der Waals surface area contributed by atoms with Crippen molar-refractivity contribution in [2.24, 2.45) is 0 Å². The Labute approximate surface area is 179 Å². The van der Waals surface area contributed by atoms with Crippen molar-refractivity contribution in [2.45, 2.75) is 45.8 Å². The van der Waals surface area contributed by atoms with Gasteiger partial charge >= 0.3 is 0 Å². The minimum Gasteiger partial charge on any atom is -0.489 e. The molecule has 0 spiro atoms. The van der Waals surface area contributed by atoms with Crippen molar-refractivity contribution in [3.05, 3.63) is 68.7 Å². The van der Waals surface area contributed by atoms with Crippen LogP contribution in [-0.4, -0.2) is 33.4 Å². The van der Waals surface area contributed by atoms with Gasteiger partial charge in [0, 0.05) is 23.0 Å². The minimum absolute atomic E-state index is 0.0248. The highest BCUT2D eigenvalue weighted by molar-refractivity contribution is 6.31. The van der Waals surface area contributed by atoms with Gasteiger partial charge in [0.15, 0.2) is 0 Å². The molecule has 1 amide bonds. The molecule has 1 N–H and O–H groups in total. The normalized spacial score (nSPS) is 17.6. The Morgan fingerprint density at radius 3 is 2.83 bits per heavy atom. The van der Waals surface area contributed by atoms with Crippen LogP contribution in [0.1, 0.15) is 54.9 Å². The SMILES string of the molecule is CCCN(Cc1nc2cc(Cl)ccc2c(=O)[nH]1)C(=O)c1cccc2c1OC(C)C2C. The number of benzene rings is 2. The number of ether oxygens (including phenoxy) is 1. The Morgan fingerprint density at radius 2 is 2.07 bits per heavy atom. The molecule has 0 fully saturated rings. The van der Waals surface area contributed by atoms with Gasteiger partial charge in [0.25, 0.3) is 11.5 Å². The van der Waals surface area contributed by atoms with Gasteiger partial charge in [0.1, 0.15) is 17.7 Å². The smallest absolute Gasteiger partial charge is 0.258 e. The molecule has 0 saturated carbocycles. The van der Waals surface area contributed by atoms with Crippen LogP contribution < -0.4 is 10.3 Å². The molecule has 3 aromatic rings. The van der Waals surface area contributed by atoms with E-state index in [4.69, 9.17) is 16.3 Å². The van der Waals surface area contributed by atoms with E-state index in [2.05, 4.69) is 16.9 Å². The van der Waals surface area contributed by atoms with Crippen molar-refractivity contribution >= 4 is 28.4 Å². The van der Waals surface area contributed by atoms with Crippen LogP contribution in [0.15, 0.2) is 41.2 Å². The summed E-state index contributed by atoms with van der Waals surface area (Å²) in [6, 6.07) is 10.7. The third-order valence-electron chi connectivity index (χ3n) is 5.61. The van der Waals surface area contributed by atoms with Gasteiger partial charge in [-0.15, -0.1) is 0 Å². The zero-order valence-electron chi connectivity index (χ0n) is 17.2. The average Bonchev–Trinajstić information content (AvgIpc) is 3.01. The number of hydrogen-bond donors (Lipinski definition) is 1.